The molecule has 2 rings (SSSR count). The highest BCUT2D eigenvalue weighted by Gasteiger charge is 2.30. The van der Waals surface area contributed by atoms with Crippen molar-refractivity contribution >= 4 is 46.5 Å². The van der Waals surface area contributed by atoms with Gasteiger partial charge in [-0.25, -0.2) is 0 Å². The fourth-order valence-corrected chi connectivity index (χ4v) is 3.84. The van der Waals surface area contributed by atoms with Crippen molar-refractivity contribution in [1.82, 2.24) is 20.9 Å². The average molecular weight is 561 g/mol. The van der Waals surface area contributed by atoms with Gasteiger partial charge in [-0.2, -0.15) is 0 Å². The van der Waals surface area contributed by atoms with E-state index in [4.69, 9.17) is 22.3 Å². The minimum Gasteiger partial charge on any atom is -0.481 e. The number of nitrogens with two attached hydrogens (primary N) is 3. The lowest BCUT2D eigenvalue weighted by atomic mass is 10.0. The number of rotatable bonds is 16. The molecule has 1 aromatic carbocycles. The van der Waals surface area contributed by atoms with Gasteiger partial charge in [-0.05, 0) is 37.8 Å². The maximum atomic E-state index is 13.3. The number of aromatic nitrogens is 1. The van der Waals surface area contributed by atoms with E-state index >= 15 is 0 Å². The molecule has 12 N–H and O–H groups in total. The average Bonchev–Trinajstić information content (AvgIpc) is 3.30. The largest absolute Gasteiger partial charge is 0.481 e. The van der Waals surface area contributed by atoms with E-state index in [1.807, 2.05) is 18.2 Å². The molecule has 15 nitrogen and oxygen atoms in total. The molecule has 2 aromatic rings. The van der Waals surface area contributed by atoms with E-state index in [9.17, 15) is 29.1 Å². The number of fused-ring (bicyclic) bond motifs is 1. The number of carboxylic acid groups (broad SMARTS) is 2. The normalized spacial score (nSPS) is 13.8. The van der Waals surface area contributed by atoms with E-state index in [0.717, 1.165) is 10.9 Å². The van der Waals surface area contributed by atoms with Gasteiger partial charge in [-0.1, -0.05) is 18.2 Å². The Hall–Kier alpha value is -4.66. The van der Waals surface area contributed by atoms with Crippen LogP contribution in [-0.2, 0) is 30.4 Å². The summed E-state index contributed by atoms with van der Waals surface area (Å²) in [5, 5.41) is 26.5. The minimum atomic E-state index is -1.33. The van der Waals surface area contributed by atoms with Crippen molar-refractivity contribution in [2.24, 2.45) is 22.2 Å². The van der Waals surface area contributed by atoms with E-state index < -0.39 is 60.2 Å². The van der Waals surface area contributed by atoms with Crippen LogP contribution in [0, 0.1) is 0 Å². The summed E-state index contributed by atoms with van der Waals surface area (Å²) in [5.41, 5.74) is 17.9. The molecule has 0 fully saturated rings. The molecule has 40 heavy (non-hydrogen) atoms. The number of aliphatic carboxylic acids is 2. The number of H-pyrrole nitrogens is 1. The maximum Gasteiger partial charge on any atom is 0.325 e. The van der Waals surface area contributed by atoms with E-state index in [0.29, 0.717) is 12.0 Å². The summed E-state index contributed by atoms with van der Waals surface area (Å²) in [4.78, 5) is 68.4. The minimum absolute atomic E-state index is 0.0160. The molecule has 4 unspecified atom stereocenters. The first-order chi connectivity index (χ1) is 18.9. The number of carbonyl (C=O) groups excluding carboxylic acids is 3. The van der Waals surface area contributed by atoms with E-state index in [1.54, 1.807) is 12.3 Å². The number of carbonyl (C=O) groups is 5. The molecule has 0 saturated heterocycles. The molecule has 0 radical (unpaired) electrons. The van der Waals surface area contributed by atoms with E-state index in [2.05, 4.69) is 25.9 Å². The number of aliphatic imine (C=N–C) groups is 1. The molecule has 15 heteroatoms. The number of amides is 3. The number of guanidine groups is 1. The van der Waals surface area contributed by atoms with Gasteiger partial charge in [-0.3, -0.25) is 29.0 Å². The number of benzene rings is 1. The Balaban J connectivity index is 2.21. The van der Waals surface area contributed by atoms with Crippen molar-refractivity contribution in [2.45, 2.75) is 63.2 Å². The molecule has 218 valence electrons. The zero-order valence-corrected chi connectivity index (χ0v) is 22.1. The van der Waals surface area contributed by atoms with Gasteiger partial charge in [-0.15, -0.1) is 0 Å². The summed E-state index contributed by atoms with van der Waals surface area (Å²) in [7, 11) is 0. The molecule has 1 aromatic heterocycles. The number of para-hydroxylation sites is 1. The van der Waals surface area contributed by atoms with Crippen LogP contribution in [0.1, 0.15) is 38.2 Å². The number of hydrogen-bond acceptors (Lipinski definition) is 7. The quantitative estimate of drug-likeness (QED) is 0.0652. The zero-order valence-electron chi connectivity index (χ0n) is 22.1. The first-order valence-electron chi connectivity index (χ1n) is 12.6. The number of carboxylic acids is 2. The van der Waals surface area contributed by atoms with Gasteiger partial charge in [0.2, 0.25) is 17.7 Å². The fourth-order valence-electron chi connectivity index (χ4n) is 3.84. The number of nitrogens with one attached hydrogen (secondary N) is 4. The van der Waals surface area contributed by atoms with Crippen LogP contribution in [0.25, 0.3) is 10.9 Å². The second kappa shape index (κ2) is 15.1. The van der Waals surface area contributed by atoms with E-state index in [1.165, 1.54) is 6.92 Å². The van der Waals surface area contributed by atoms with E-state index in [-0.39, 0.29) is 31.8 Å². The van der Waals surface area contributed by atoms with Crippen molar-refractivity contribution < 1.29 is 34.2 Å². The fraction of sp³-hybridized carbons (Fsp3) is 0.440. The van der Waals surface area contributed by atoms with Crippen molar-refractivity contribution in [3.8, 4) is 0 Å². The lowest BCUT2D eigenvalue weighted by Gasteiger charge is -2.24. The van der Waals surface area contributed by atoms with Gasteiger partial charge in [0.25, 0.3) is 0 Å². The first-order valence-corrected chi connectivity index (χ1v) is 12.6. The summed E-state index contributed by atoms with van der Waals surface area (Å²) in [6.07, 6.45) is 1.50. The molecule has 0 spiro atoms. The van der Waals surface area contributed by atoms with Crippen LogP contribution in [0.3, 0.4) is 0 Å². The number of hydrogen-bond donors (Lipinski definition) is 9. The van der Waals surface area contributed by atoms with Crippen LogP contribution >= 0.6 is 0 Å². The summed E-state index contributed by atoms with van der Waals surface area (Å²) in [6, 6.07) is 2.43. The second-order valence-corrected chi connectivity index (χ2v) is 9.24. The Labute approximate surface area is 229 Å². The molecular weight excluding hydrogens is 524 g/mol. The van der Waals surface area contributed by atoms with Crippen LogP contribution in [-0.4, -0.2) is 81.5 Å². The molecule has 0 saturated carbocycles. The van der Waals surface area contributed by atoms with Gasteiger partial charge in [0.15, 0.2) is 5.96 Å². The highest BCUT2D eigenvalue weighted by Crippen LogP contribution is 2.19. The van der Waals surface area contributed by atoms with Gasteiger partial charge in [0.1, 0.15) is 18.1 Å². The standard InChI is InChI=1S/C25H36N8O7/c1-13(24(39)40)31-23(38)19(11-14-12-30-17-7-3-2-5-15(14)17)33-22(37)18(8-9-20(34)35)32-21(36)16(26)6-4-10-29-25(27)28/h2-3,5,7,12-13,16,18-19,30H,4,6,8-11,26H2,1H3,(H,31,38)(H,32,36)(H,33,37)(H,34,35)(H,39,40)(H4,27,28,29). The van der Waals surface area contributed by atoms with Crippen molar-refractivity contribution in [1.29, 1.82) is 0 Å². The summed E-state index contributed by atoms with van der Waals surface area (Å²) < 4.78 is 0. The molecule has 3 amide bonds. The highest BCUT2D eigenvalue weighted by molar-refractivity contribution is 5.95. The lowest BCUT2D eigenvalue weighted by Crippen LogP contribution is -2.57. The molecular formula is C25H36N8O7. The van der Waals surface area contributed by atoms with Gasteiger partial charge >= 0.3 is 11.9 Å². The maximum absolute atomic E-state index is 13.3. The Morgan fingerprint density at radius 1 is 0.950 bits per heavy atom. The molecule has 0 bridgehead atoms. The third-order valence-corrected chi connectivity index (χ3v) is 6.05. The van der Waals surface area contributed by atoms with Gasteiger partial charge in [0.05, 0.1) is 6.04 Å². The predicted molar refractivity (Wildman–Crippen MR) is 146 cm³/mol. The summed E-state index contributed by atoms with van der Waals surface area (Å²) in [6.45, 7) is 1.51. The topological polar surface area (TPSA) is 268 Å². The van der Waals surface area contributed by atoms with Crippen LogP contribution < -0.4 is 33.2 Å². The summed E-state index contributed by atoms with van der Waals surface area (Å²) in [5.74, 6) is -4.87. The Bertz CT molecular complexity index is 1240. The van der Waals surface area contributed by atoms with Crippen LogP contribution in [0.15, 0.2) is 35.5 Å². The second-order valence-electron chi connectivity index (χ2n) is 9.24. The van der Waals surface area contributed by atoms with Crippen LogP contribution in [0.5, 0.6) is 0 Å². The van der Waals surface area contributed by atoms with Crippen molar-refractivity contribution in [2.75, 3.05) is 6.54 Å². The molecule has 0 aliphatic heterocycles. The zero-order chi connectivity index (χ0) is 29.8. The highest BCUT2D eigenvalue weighted by atomic mass is 16.4. The first kappa shape index (κ1) is 31.6. The number of nitrogens with zero attached hydrogens (tertiary/aromatic N) is 1. The Morgan fingerprint density at radius 3 is 2.25 bits per heavy atom. The molecule has 0 aliphatic rings. The van der Waals surface area contributed by atoms with Crippen molar-refractivity contribution in [3.63, 3.8) is 0 Å². The third-order valence-electron chi connectivity index (χ3n) is 6.05. The van der Waals surface area contributed by atoms with Gasteiger partial charge < -0.3 is 48.3 Å². The molecule has 4 atom stereocenters. The third kappa shape index (κ3) is 9.90. The Kier molecular flexibility index (Phi) is 11.9. The summed E-state index contributed by atoms with van der Waals surface area (Å²) >= 11 is 0. The Morgan fingerprint density at radius 2 is 1.60 bits per heavy atom. The smallest absolute Gasteiger partial charge is 0.325 e. The molecule has 1 heterocycles. The van der Waals surface area contributed by atoms with Crippen molar-refractivity contribution in [3.05, 3.63) is 36.0 Å². The van der Waals surface area contributed by atoms with Crippen LogP contribution in [0.2, 0.25) is 0 Å². The van der Waals surface area contributed by atoms with Gasteiger partial charge in [0, 0.05) is 36.5 Å². The predicted octanol–water partition coefficient (Wildman–Crippen LogP) is -1.48. The monoisotopic (exact) mass is 560 g/mol. The lowest BCUT2D eigenvalue weighted by molar-refractivity contribution is -0.141. The molecule has 0 aliphatic carbocycles. The van der Waals surface area contributed by atoms with Crippen LogP contribution in [0.4, 0.5) is 0 Å². The number of aromatic amines is 1. The SMILES string of the molecule is CC(NC(=O)C(Cc1c[nH]c2ccccc12)NC(=O)C(CCC(=O)O)NC(=O)C(N)CCCN=C(N)N)C(=O)O.